The number of benzene rings is 1. The highest BCUT2D eigenvalue weighted by Gasteiger charge is 2.12. The fourth-order valence-corrected chi connectivity index (χ4v) is 1.17. The average molecular weight is 197 g/mol. The van der Waals surface area contributed by atoms with Crippen LogP contribution in [0.5, 0.6) is 0 Å². The second-order valence-electron chi connectivity index (χ2n) is 3.06. The lowest BCUT2D eigenvalue weighted by atomic mass is 10.0. The molecule has 0 radical (unpaired) electrons. The molecule has 0 aliphatic rings. The molecule has 0 fully saturated rings. The van der Waals surface area contributed by atoms with Gasteiger partial charge in [0.25, 0.3) is 0 Å². The van der Waals surface area contributed by atoms with Gasteiger partial charge in [-0.05, 0) is 24.1 Å². The number of rotatable bonds is 3. The number of carbonyl (C=O) groups is 1. The zero-order chi connectivity index (χ0) is 10.7. The van der Waals surface area contributed by atoms with Crippen LogP contribution in [0, 0.1) is 5.82 Å². The Balaban J connectivity index is 3.06. The monoisotopic (exact) mass is 197 g/mol. The highest BCUT2D eigenvalue weighted by Crippen LogP contribution is 2.17. The lowest BCUT2D eigenvalue weighted by Crippen LogP contribution is -2.10. The van der Waals surface area contributed by atoms with E-state index in [1.807, 2.05) is 6.92 Å². The molecular weight excluding hydrogens is 185 g/mol. The summed E-state index contributed by atoms with van der Waals surface area (Å²) in [5, 5.41) is 8.58. The quantitative estimate of drug-likeness (QED) is 0.778. The van der Waals surface area contributed by atoms with Crippen LogP contribution in [0.25, 0.3) is 0 Å². The third kappa shape index (κ3) is 2.09. The molecule has 76 valence electrons. The first-order valence-corrected chi connectivity index (χ1v) is 4.34. The van der Waals surface area contributed by atoms with E-state index >= 15 is 0 Å². The molecule has 0 aliphatic heterocycles. The van der Waals surface area contributed by atoms with Crippen molar-refractivity contribution in [3.8, 4) is 0 Å². The predicted octanol–water partition coefficient (Wildman–Crippen LogP) is 1.93. The van der Waals surface area contributed by atoms with Gasteiger partial charge in [-0.25, -0.2) is 9.18 Å². The summed E-state index contributed by atoms with van der Waals surface area (Å²) in [6.45, 7) is 1.88. The minimum Gasteiger partial charge on any atom is -0.478 e. The Labute approximate surface area is 81.4 Å². The summed E-state index contributed by atoms with van der Waals surface area (Å²) in [5.41, 5.74) is 5.97. The Morgan fingerprint density at radius 3 is 2.71 bits per heavy atom. The Hall–Kier alpha value is -1.42. The van der Waals surface area contributed by atoms with Gasteiger partial charge in [-0.3, -0.25) is 0 Å². The van der Waals surface area contributed by atoms with Crippen LogP contribution in [0.3, 0.4) is 0 Å². The van der Waals surface area contributed by atoms with E-state index in [0.717, 1.165) is 0 Å². The van der Waals surface area contributed by atoms with E-state index < -0.39 is 11.8 Å². The smallest absolute Gasteiger partial charge is 0.338 e. The highest BCUT2D eigenvalue weighted by molar-refractivity contribution is 5.87. The van der Waals surface area contributed by atoms with Gasteiger partial charge in [-0.15, -0.1) is 0 Å². The van der Waals surface area contributed by atoms with Gasteiger partial charge < -0.3 is 10.8 Å². The minimum absolute atomic E-state index is 0.243. The number of hydrogen-bond donors (Lipinski definition) is 2. The van der Waals surface area contributed by atoms with Crippen molar-refractivity contribution in [2.75, 3.05) is 0 Å². The molecule has 3 nitrogen and oxygen atoms in total. The first kappa shape index (κ1) is 10.7. The van der Waals surface area contributed by atoms with E-state index in [0.29, 0.717) is 12.0 Å². The molecule has 14 heavy (non-hydrogen) atoms. The average Bonchev–Trinajstić information content (AvgIpc) is 2.15. The first-order chi connectivity index (χ1) is 6.56. The van der Waals surface area contributed by atoms with Crippen molar-refractivity contribution in [2.45, 2.75) is 19.4 Å². The van der Waals surface area contributed by atoms with E-state index in [1.165, 1.54) is 12.1 Å². The third-order valence-electron chi connectivity index (χ3n) is 2.09. The van der Waals surface area contributed by atoms with Gasteiger partial charge >= 0.3 is 5.97 Å². The van der Waals surface area contributed by atoms with Crippen molar-refractivity contribution in [2.24, 2.45) is 5.73 Å². The maximum absolute atomic E-state index is 13.2. The van der Waals surface area contributed by atoms with Gasteiger partial charge in [0, 0.05) is 6.04 Å². The van der Waals surface area contributed by atoms with Crippen LogP contribution in [0.1, 0.15) is 35.3 Å². The molecule has 0 spiro atoms. The fourth-order valence-electron chi connectivity index (χ4n) is 1.17. The van der Waals surface area contributed by atoms with Crippen LogP contribution >= 0.6 is 0 Å². The molecular formula is C10H12FNO2. The largest absolute Gasteiger partial charge is 0.478 e. The minimum atomic E-state index is -1.26. The molecule has 1 atom stereocenters. The number of halogens is 1. The van der Waals surface area contributed by atoms with Crippen molar-refractivity contribution >= 4 is 5.97 Å². The summed E-state index contributed by atoms with van der Waals surface area (Å²) >= 11 is 0. The predicted molar refractivity (Wildman–Crippen MR) is 50.6 cm³/mol. The van der Waals surface area contributed by atoms with E-state index in [9.17, 15) is 9.18 Å². The molecule has 0 bridgehead atoms. The van der Waals surface area contributed by atoms with E-state index in [4.69, 9.17) is 10.8 Å². The lowest BCUT2D eigenvalue weighted by Gasteiger charge is -2.09. The molecule has 0 saturated heterocycles. The maximum atomic E-state index is 13.2. The summed E-state index contributed by atoms with van der Waals surface area (Å²) in [6, 6.07) is 3.72. The zero-order valence-corrected chi connectivity index (χ0v) is 7.83. The fraction of sp³-hybridized carbons (Fsp3) is 0.300. The Bertz CT molecular complexity index is 352. The Kier molecular flexibility index (Phi) is 3.19. The van der Waals surface area contributed by atoms with Crippen molar-refractivity contribution < 1.29 is 14.3 Å². The van der Waals surface area contributed by atoms with E-state index in [2.05, 4.69) is 0 Å². The van der Waals surface area contributed by atoms with Crippen LogP contribution in [0.4, 0.5) is 4.39 Å². The lowest BCUT2D eigenvalue weighted by molar-refractivity contribution is 0.0692. The first-order valence-electron chi connectivity index (χ1n) is 4.34. The van der Waals surface area contributed by atoms with Crippen LogP contribution in [-0.4, -0.2) is 11.1 Å². The van der Waals surface area contributed by atoms with Crippen LogP contribution in [0.2, 0.25) is 0 Å². The van der Waals surface area contributed by atoms with Gasteiger partial charge in [-0.2, -0.15) is 0 Å². The van der Waals surface area contributed by atoms with Crippen LogP contribution < -0.4 is 5.73 Å². The van der Waals surface area contributed by atoms with Gasteiger partial charge in [0.15, 0.2) is 0 Å². The summed E-state index contributed by atoms with van der Waals surface area (Å²) in [6.07, 6.45) is 0.686. The number of hydrogen-bond acceptors (Lipinski definition) is 2. The molecule has 0 aromatic heterocycles. The molecule has 0 unspecified atom stereocenters. The Morgan fingerprint density at radius 2 is 2.29 bits per heavy atom. The van der Waals surface area contributed by atoms with E-state index in [-0.39, 0.29) is 11.6 Å². The number of aromatic carboxylic acids is 1. The SMILES string of the molecule is CC[C@@H](N)c1ccc(C(=O)O)c(F)c1. The molecule has 1 aromatic carbocycles. The summed E-state index contributed by atoms with van der Waals surface area (Å²) < 4.78 is 13.2. The Morgan fingerprint density at radius 1 is 1.64 bits per heavy atom. The van der Waals surface area contributed by atoms with Gasteiger partial charge in [0.05, 0.1) is 5.56 Å². The second-order valence-corrected chi connectivity index (χ2v) is 3.06. The molecule has 0 aliphatic carbocycles. The second kappa shape index (κ2) is 4.19. The molecule has 1 rings (SSSR count). The number of carboxylic acids is 1. The summed E-state index contributed by atoms with van der Waals surface area (Å²) in [4.78, 5) is 10.5. The molecule has 0 amide bonds. The third-order valence-corrected chi connectivity index (χ3v) is 2.09. The standard InChI is InChI=1S/C10H12FNO2/c1-2-9(12)6-3-4-7(10(13)14)8(11)5-6/h3-5,9H,2,12H2,1H3,(H,13,14)/t9-/m1/s1. The van der Waals surface area contributed by atoms with Crippen LogP contribution in [-0.2, 0) is 0 Å². The zero-order valence-electron chi connectivity index (χ0n) is 7.83. The molecule has 0 heterocycles. The van der Waals surface area contributed by atoms with E-state index in [1.54, 1.807) is 6.07 Å². The van der Waals surface area contributed by atoms with Gasteiger partial charge in [0.2, 0.25) is 0 Å². The molecule has 3 N–H and O–H groups in total. The number of carboxylic acid groups (broad SMARTS) is 1. The van der Waals surface area contributed by atoms with Crippen molar-refractivity contribution in [1.29, 1.82) is 0 Å². The molecule has 4 heteroatoms. The van der Waals surface area contributed by atoms with Gasteiger partial charge in [-0.1, -0.05) is 13.0 Å². The topological polar surface area (TPSA) is 63.3 Å². The van der Waals surface area contributed by atoms with Crippen LogP contribution in [0.15, 0.2) is 18.2 Å². The number of nitrogens with two attached hydrogens (primary N) is 1. The highest BCUT2D eigenvalue weighted by atomic mass is 19.1. The molecule has 1 aromatic rings. The van der Waals surface area contributed by atoms with Crippen molar-refractivity contribution in [3.63, 3.8) is 0 Å². The summed E-state index contributed by atoms with van der Waals surface area (Å²) in [7, 11) is 0. The van der Waals surface area contributed by atoms with Gasteiger partial charge in [0.1, 0.15) is 5.82 Å². The van der Waals surface area contributed by atoms with Crippen molar-refractivity contribution in [3.05, 3.63) is 35.1 Å². The van der Waals surface area contributed by atoms with Crippen molar-refractivity contribution in [1.82, 2.24) is 0 Å². The maximum Gasteiger partial charge on any atom is 0.338 e. The summed E-state index contributed by atoms with van der Waals surface area (Å²) in [5.74, 6) is -2.00. The normalized spacial score (nSPS) is 12.5. The molecule has 0 saturated carbocycles.